The zero-order valence-electron chi connectivity index (χ0n) is 10.1. The topological polar surface area (TPSA) is 36.3 Å². The fourth-order valence-electron chi connectivity index (χ4n) is 3.02. The van der Waals surface area contributed by atoms with Gasteiger partial charge in [-0.1, -0.05) is 11.6 Å². The van der Waals surface area contributed by atoms with Gasteiger partial charge >= 0.3 is 0 Å². The van der Waals surface area contributed by atoms with Crippen LogP contribution in [0.3, 0.4) is 0 Å². The number of hydrogen-bond acceptors (Lipinski definition) is 3. The van der Waals surface area contributed by atoms with Gasteiger partial charge in [0.05, 0.1) is 29.3 Å². The second-order valence-corrected chi connectivity index (χ2v) is 5.28. The van der Waals surface area contributed by atoms with Crippen LogP contribution in [0.2, 0.25) is 5.02 Å². The Morgan fingerprint density at radius 2 is 2.28 bits per heavy atom. The molecule has 1 aliphatic carbocycles. The van der Waals surface area contributed by atoms with Crippen molar-refractivity contribution in [3.05, 3.63) is 28.8 Å². The first-order valence-corrected chi connectivity index (χ1v) is 6.75. The van der Waals surface area contributed by atoms with Crippen LogP contribution in [0.4, 0.5) is 5.69 Å². The third-order valence-electron chi connectivity index (χ3n) is 3.89. The molecule has 0 N–H and O–H groups in total. The van der Waals surface area contributed by atoms with Crippen LogP contribution in [0.15, 0.2) is 18.2 Å². The Morgan fingerprint density at radius 3 is 3.06 bits per heavy atom. The zero-order valence-corrected chi connectivity index (χ0v) is 10.9. The zero-order chi connectivity index (χ0) is 12.5. The normalized spacial score (nSPS) is 26.8. The molecule has 1 saturated heterocycles. The first-order chi connectivity index (χ1) is 8.79. The summed E-state index contributed by atoms with van der Waals surface area (Å²) in [4.78, 5) is 2.38. The summed E-state index contributed by atoms with van der Waals surface area (Å²) in [5.74, 6) is 0. The van der Waals surface area contributed by atoms with Gasteiger partial charge in [-0.2, -0.15) is 5.26 Å². The van der Waals surface area contributed by atoms with Gasteiger partial charge < -0.3 is 9.64 Å². The standard InChI is InChI=1S/C14H15ClN2O/c15-12-8-11(5-4-10(12)9-16)17-6-7-18-14-3-1-2-13(14)17/h4-5,8,13-14H,1-3,6-7H2. The quantitative estimate of drug-likeness (QED) is 0.781. The molecule has 18 heavy (non-hydrogen) atoms. The average molecular weight is 263 g/mol. The van der Waals surface area contributed by atoms with Gasteiger partial charge in [-0.3, -0.25) is 0 Å². The van der Waals surface area contributed by atoms with Crippen LogP contribution in [0.1, 0.15) is 24.8 Å². The maximum Gasteiger partial charge on any atom is 0.101 e. The molecule has 2 aliphatic rings. The van der Waals surface area contributed by atoms with Crippen molar-refractivity contribution in [2.75, 3.05) is 18.1 Å². The molecule has 1 saturated carbocycles. The number of ether oxygens (including phenoxy) is 1. The van der Waals surface area contributed by atoms with E-state index in [4.69, 9.17) is 21.6 Å². The molecule has 0 amide bonds. The van der Waals surface area contributed by atoms with Gasteiger partial charge in [0.2, 0.25) is 0 Å². The van der Waals surface area contributed by atoms with Crippen LogP contribution >= 0.6 is 11.6 Å². The molecule has 94 valence electrons. The van der Waals surface area contributed by atoms with Crippen LogP contribution in [-0.2, 0) is 4.74 Å². The van der Waals surface area contributed by atoms with Gasteiger partial charge in [-0.25, -0.2) is 0 Å². The summed E-state index contributed by atoms with van der Waals surface area (Å²) < 4.78 is 5.80. The molecule has 1 aromatic rings. The molecule has 1 heterocycles. The van der Waals surface area contributed by atoms with E-state index in [9.17, 15) is 0 Å². The monoisotopic (exact) mass is 262 g/mol. The minimum atomic E-state index is 0.369. The van der Waals surface area contributed by atoms with Crippen molar-refractivity contribution in [3.8, 4) is 6.07 Å². The molecule has 2 atom stereocenters. The number of benzene rings is 1. The smallest absolute Gasteiger partial charge is 0.101 e. The predicted octanol–water partition coefficient (Wildman–Crippen LogP) is 2.97. The second kappa shape index (κ2) is 4.79. The highest BCUT2D eigenvalue weighted by atomic mass is 35.5. The van der Waals surface area contributed by atoms with Gasteiger partial charge in [0.1, 0.15) is 6.07 Å². The molecule has 1 aromatic carbocycles. The Bertz CT molecular complexity index is 497. The molecule has 3 nitrogen and oxygen atoms in total. The lowest BCUT2D eigenvalue weighted by atomic mass is 10.1. The number of rotatable bonds is 1. The Balaban J connectivity index is 1.90. The first kappa shape index (κ1) is 11.8. The Labute approximate surface area is 112 Å². The minimum absolute atomic E-state index is 0.369. The van der Waals surface area contributed by atoms with Crippen molar-refractivity contribution in [1.29, 1.82) is 5.26 Å². The van der Waals surface area contributed by atoms with Gasteiger partial charge in [0, 0.05) is 12.2 Å². The molecule has 3 rings (SSSR count). The van der Waals surface area contributed by atoms with Gasteiger partial charge in [-0.05, 0) is 37.5 Å². The molecule has 4 heteroatoms. The Kier molecular flexibility index (Phi) is 3.15. The average Bonchev–Trinajstić information content (AvgIpc) is 2.86. The summed E-state index contributed by atoms with van der Waals surface area (Å²) in [5, 5.41) is 9.44. The molecule has 0 spiro atoms. The van der Waals surface area contributed by atoms with Gasteiger partial charge in [0.15, 0.2) is 0 Å². The van der Waals surface area contributed by atoms with Crippen LogP contribution in [0.5, 0.6) is 0 Å². The summed E-state index contributed by atoms with van der Waals surface area (Å²) in [6.07, 6.45) is 3.94. The van der Waals surface area contributed by atoms with E-state index >= 15 is 0 Å². The van der Waals surface area contributed by atoms with E-state index < -0.39 is 0 Å². The molecule has 0 aromatic heterocycles. The van der Waals surface area contributed by atoms with Gasteiger partial charge in [-0.15, -0.1) is 0 Å². The number of nitrogens with zero attached hydrogens (tertiary/aromatic N) is 2. The van der Waals surface area contributed by atoms with Crippen LogP contribution in [-0.4, -0.2) is 25.3 Å². The molecule has 1 aliphatic heterocycles. The van der Waals surface area contributed by atoms with E-state index in [1.807, 2.05) is 12.1 Å². The predicted molar refractivity (Wildman–Crippen MR) is 70.9 cm³/mol. The maximum atomic E-state index is 8.90. The molecule has 0 radical (unpaired) electrons. The van der Waals surface area contributed by atoms with Crippen molar-refractivity contribution < 1.29 is 4.74 Å². The van der Waals surface area contributed by atoms with Crippen molar-refractivity contribution in [1.82, 2.24) is 0 Å². The molecule has 0 bridgehead atoms. The third-order valence-corrected chi connectivity index (χ3v) is 4.20. The highest BCUT2D eigenvalue weighted by Crippen LogP contribution is 2.34. The van der Waals surface area contributed by atoms with Crippen molar-refractivity contribution >= 4 is 17.3 Å². The van der Waals surface area contributed by atoms with E-state index in [1.54, 1.807) is 6.07 Å². The summed E-state index contributed by atoms with van der Waals surface area (Å²) in [6, 6.07) is 8.27. The van der Waals surface area contributed by atoms with Crippen molar-refractivity contribution in [2.24, 2.45) is 0 Å². The van der Waals surface area contributed by atoms with Crippen molar-refractivity contribution in [3.63, 3.8) is 0 Å². The number of halogens is 1. The Morgan fingerprint density at radius 1 is 1.39 bits per heavy atom. The third kappa shape index (κ3) is 1.96. The van der Waals surface area contributed by atoms with Crippen LogP contribution < -0.4 is 4.90 Å². The van der Waals surface area contributed by atoms with Crippen molar-refractivity contribution in [2.45, 2.75) is 31.4 Å². The largest absolute Gasteiger partial charge is 0.374 e. The van der Waals surface area contributed by atoms with E-state index in [2.05, 4.69) is 11.0 Å². The minimum Gasteiger partial charge on any atom is -0.374 e. The maximum absolute atomic E-state index is 8.90. The van der Waals surface area contributed by atoms with E-state index in [-0.39, 0.29) is 0 Å². The Hall–Kier alpha value is -1.24. The molecule has 2 fully saturated rings. The number of nitriles is 1. The lowest BCUT2D eigenvalue weighted by Gasteiger charge is -2.39. The van der Waals surface area contributed by atoms with E-state index in [0.717, 1.165) is 25.3 Å². The van der Waals surface area contributed by atoms with E-state index in [0.29, 0.717) is 22.7 Å². The second-order valence-electron chi connectivity index (χ2n) is 4.88. The number of morpholine rings is 1. The fraction of sp³-hybridized carbons (Fsp3) is 0.500. The summed E-state index contributed by atoms with van der Waals surface area (Å²) in [5.41, 5.74) is 1.65. The first-order valence-electron chi connectivity index (χ1n) is 6.37. The summed E-state index contributed by atoms with van der Waals surface area (Å²) >= 11 is 6.11. The van der Waals surface area contributed by atoms with E-state index in [1.165, 1.54) is 12.8 Å². The fourth-order valence-corrected chi connectivity index (χ4v) is 3.24. The molecular weight excluding hydrogens is 248 g/mol. The lowest BCUT2D eigenvalue weighted by molar-refractivity contribution is 0.0256. The highest BCUT2D eigenvalue weighted by molar-refractivity contribution is 6.32. The summed E-state index contributed by atoms with van der Waals surface area (Å²) in [6.45, 7) is 1.68. The van der Waals surface area contributed by atoms with Gasteiger partial charge in [0.25, 0.3) is 0 Å². The summed E-state index contributed by atoms with van der Waals surface area (Å²) in [7, 11) is 0. The highest BCUT2D eigenvalue weighted by Gasteiger charge is 2.36. The SMILES string of the molecule is N#Cc1ccc(N2CCOC3CCCC32)cc1Cl. The molecule has 2 unspecified atom stereocenters. The van der Waals surface area contributed by atoms with Crippen LogP contribution in [0.25, 0.3) is 0 Å². The number of hydrogen-bond donors (Lipinski definition) is 0. The lowest BCUT2D eigenvalue weighted by Crippen LogP contribution is -2.48. The number of fused-ring (bicyclic) bond motifs is 1. The van der Waals surface area contributed by atoms with Crippen LogP contribution in [0, 0.1) is 11.3 Å². The molecular formula is C14H15ClN2O. The number of anilines is 1.